The predicted octanol–water partition coefficient (Wildman–Crippen LogP) is 3.89. The van der Waals surface area contributed by atoms with Crippen molar-refractivity contribution in [3.05, 3.63) is 78.9 Å². The summed E-state index contributed by atoms with van der Waals surface area (Å²) in [6.45, 7) is 0. The summed E-state index contributed by atoms with van der Waals surface area (Å²) < 4.78 is 25.7. The van der Waals surface area contributed by atoms with E-state index >= 15 is 0 Å². The Kier molecular flexibility index (Phi) is 3.69. The largest absolute Gasteiger partial charge is 0.507 e. The Balaban J connectivity index is 2.24. The Morgan fingerprint density at radius 1 is 0.636 bits per heavy atom. The second kappa shape index (κ2) is 5.66. The molecule has 0 bridgehead atoms. The lowest BCUT2D eigenvalue weighted by molar-refractivity contribution is 0.477. The van der Waals surface area contributed by atoms with E-state index in [1.165, 1.54) is 0 Å². The minimum atomic E-state index is -3.65. The van der Waals surface area contributed by atoms with Crippen LogP contribution in [-0.4, -0.2) is 13.5 Å². The molecule has 0 fully saturated rings. The van der Waals surface area contributed by atoms with Crippen LogP contribution in [0.1, 0.15) is 0 Å². The van der Waals surface area contributed by atoms with Crippen molar-refractivity contribution in [2.45, 2.75) is 9.79 Å². The third kappa shape index (κ3) is 2.49. The topological polar surface area (TPSA) is 54.4 Å². The molecule has 110 valence electrons. The number of hydrogen-bond donors (Lipinski definition) is 1. The summed E-state index contributed by atoms with van der Waals surface area (Å²) in [5.74, 6) is 0.0539. The van der Waals surface area contributed by atoms with Gasteiger partial charge in [-0.05, 0) is 24.3 Å². The molecule has 4 heteroatoms. The van der Waals surface area contributed by atoms with Crippen LogP contribution in [0.3, 0.4) is 0 Å². The van der Waals surface area contributed by atoms with Crippen LogP contribution in [-0.2, 0) is 9.84 Å². The van der Waals surface area contributed by atoms with Gasteiger partial charge >= 0.3 is 0 Å². The molecule has 0 radical (unpaired) electrons. The van der Waals surface area contributed by atoms with Gasteiger partial charge in [0.15, 0.2) is 0 Å². The van der Waals surface area contributed by atoms with Crippen molar-refractivity contribution in [1.29, 1.82) is 0 Å². The first-order valence-corrected chi connectivity index (χ1v) is 8.26. The predicted molar refractivity (Wildman–Crippen MR) is 85.4 cm³/mol. The SMILES string of the molecule is O=S(=O)(c1ccccc1)c1ccccc1-c1ccccc1O. The average Bonchev–Trinajstić information content (AvgIpc) is 2.56. The molecule has 0 saturated heterocycles. The molecule has 0 aliphatic heterocycles. The highest BCUT2D eigenvalue weighted by molar-refractivity contribution is 7.91. The molecule has 0 atom stereocenters. The summed E-state index contributed by atoms with van der Waals surface area (Å²) in [6, 6.07) is 21.7. The fourth-order valence-electron chi connectivity index (χ4n) is 2.35. The van der Waals surface area contributed by atoms with Gasteiger partial charge < -0.3 is 5.11 Å². The van der Waals surface area contributed by atoms with Crippen LogP contribution in [0, 0.1) is 0 Å². The molecule has 0 saturated carbocycles. The highest BCUT2D eigenvalue weighted by atomic mass is 32.2. The molecule has 0 aromatic heterocycles. The zero-order valence-electron chi connectivity index (χ0n) is 11.7. The number of para-hydroxylation sites is 1. The molecule has 1 N–H and O–H groups in total. The van der Waals surface area contributed by atoms with Gasteiger partial charge in [0, 0.05) is 11.1 Å². The first-order valence-electron chi connectivity index (χ1n) is 6.78. The standard InChI is InChI=1S/C18H14O3S/c19-17-12-6-4-10-15(17)16-11-5-7-13-18(16)22(20,21)14-8-2-1-3-9-14/h1-13,19H. The van der Waals surface area contributed by atoms with Crippen LogP contribution in [0.15, 0.2) is 88.7 Å². The normalized spacial score (nSPS) is 11.3. The first kappa shape index (κ1) is 14.4. The van der Waals surface area contributed by atoms with E-state index in [-0.39, 0.29) is 15.5 Å². The Hall–Kier alpha value is -2.59. The van der Waals surface area contributed by atoms with Crippen molar-refractivity contribution in [2.75, 3.05) is 0 Å². The van der Waals surface area contributed by atoms with E-state index in [0.717, 1.165) is 0 Å². The Bertz CT molecular complexity index is 900. The molecule has 0 aliphatic carbocycles. The van der Waals surface area contributed by atoms with E-state index in [1.54, 1.807) is 78.9 Å². The van der Waals surface area contributed by atoms with Crippen LogP contribution in [0.5, 0.6) is 5.75 Å². The minimum absolute atomic E-state index is 0.0539. The average molecular weight is 310 g/mol. The quantitative estimate of drug-likeness (QED) is 0.798. The summed E-state index contributed by atoms with van der Waals surface area (Å²) >= 11 is 0. The van der Waals surface area contributed by atoms with E-state index in [1.807, 2.05) is 0 Å². The van der Waals surface area contributed by atoms with Crippen LogP contribution >= 0.6 is 0 Å². The molecule has 3 rings (SSSR count). The maximum Gasteiger partial charge on any atom is 0.207 e. The van der Waals surface area contributed by atoms with Gasteiger partial charge in [-0.1, -0.05) is 54.6 Å². The van der Waals surface area contributed by atoms with Gasteiger partial charge in [-0.25, -0.2) is 8.42 Å². The summed E-state index contributed by atoms with van der Waals surface area (Å²) in [4.78, 5) is 0.417. The minimum Gasteiger partial charge on any atom is -0.507 e. The van der Waals surface area contributed by atoms with E-state index in [2.05, 4.69) is 0 Å². The van der Waals surface area contributed by atoms with E-state index in [9.17, 15) is 13.5 Å². The zero-order valence-corrected chi connectivity index (χ0v) is 12.5. The van der Waals surface area contributed by atoms with Gasteiger partial charge in [-0.15, -0.1) is 0 Å². The number of aromatic hydroxyl groups is 1. The second-order valence-electron chi connectivity index (χ2n) is 4.83. The Morgan fingerprint density at radius 2 is 1.18 bits per heavy atom. The van der Waals surface area contributed by atoms with Crippen molar-refractivity contribution < 1.29 is 13.5 Å². The highest BCUT2D eigenvalue weighted by Crippen LogP contribution is 2.35. The van der Waals surface area contributed by atoms with E-state index in [4.69, 9.17) is 0 Å². The van der Waals surface area contributed by atoms with Gasteiger partial charge in [0.25, 0.3) is 0 Å². The molecular weight excluding hydrogens is 296 g/mol. The fourth-order valence-corrected chi connectivity index (χ4v) is 3.85. The van der Waals surface area contributed by atoms with Gasteiger partial charge in [-0.3, -0.25) is 0 Å². The Labute approximate surface area is 129 Å². The number of benzene rings is 3. The number of rotatable bonds is 3. The van der Waals surface area contributed by atoms with Crippen LogP contribution in [0.4, 0.5) is 0 Å². The number of phenolic OH excluding ortho intramolecular Hbond substituents is 1. The smallest absolute Gasteiger partial charge is 0.207 e. The van der Waals surface area contributed by atoms with Crippen molar-refractivity contribution in [1.82, 2.24) is 0 Å². The van der Waals surface area contributed by atoms with Gasteiger partial charge in [0.2, 0.25) is 9.84 Å². The third-order valence-electron chi connectivity index (χ3n) is 3.42. The van der Waals surface area contributed by atoms with Gasteiger partial charge in [0.1, 0.15) is 5.75 Å². The summed E-state index contributed by atoms with van der Waals surface area (Å²) in [5.41, 5.74) is 0.988. The second-order valence-corrected chi connectivity index (χ2v) is 6.75. The summed E-state index contributed by atoms with van der Waals surface area (Å²) in [6.07, 6.45) is 0. The molecular formula is C18H14O3S. The van der Waals surface area contributed by atoms with Gasteiger partial charge in [-0.2, -0.15) is 0 Å². The van der Waals surface area contributed by atoms with Crippen molar-refractivity contribution in [2.24, 2.45) is 0 Å². The van der Waals surface area contributed by atoms with Crippen LogP contribution in [0.2, 0.25) is 0 Å². The number of hydrogen-bond acceptors (Lipinski definition) is 3. The summed E-state index contributed by atoms with van der Waals surface area (Å²) in [5, 5.41) is 10.0. The molecule has 3 nitrogen and oxygen atoms in total. The lowest BCUT2D eigenvalue weighted by Gasteiger charge is -2.12. The highest BCUT2D eigenvalue weighted by Gasteiger charge is 2.22. The van der Waals surface area contributed by atoms with Crippen LogP contribution < -0.4 is 0 Å². The molecule has 3 aromatic rings. The third-order valence-corrected chi connectivity index (χ3v) is 5.25. The van der Waals surface area contributed by atoms with Crippen molar-refractivity contribution in [3.8, 4) is 16.9 Å². The Morgan fingerprint density at radius 3 is 1.86 bits per heavy atom. The van der Waals surface area contributed by atoms with Crippen molar-refractivity contribution >= 4 is 9.84 Å². The zero-order chi connectivity index (χ0) is 15.6. The van der Waals surface area contributed by atoms with Crippen LogP contribution in [0.25, 0.3) is 11.1 Å². The van der Waals surface area contributed by atoms with E-state index in [0.29, 0.717) is 11.1 Å². The monoisotopic (exact) mass is 310 g/mol. The lowest BCUT2D eigenvalue weighted by atomic mass is 10.0. The van der Waals surface area contributed by atoms with Crippen molar-refractivity contribution in [3.63, 3.8) is 0 Å². The molecule has 0 aliphatic rings. The molecule has 0 heterocycles. The molecule has 3 aromatic carbocycles. The molecule has 0 spiro atoms. The summed E-state index contributed by atoms with van der Waals surface area (Å²) in [7, 11) is -3.65. The maximum absolute atomic E-state index is 12.9. The lowest BCUT2D eigenvalue weighted by Crippen LogP contribution is -2.03. The molecule has 0 unspecified atom stereocenters. The van der Waals surface area contributed by atoms with E-state index < -0.39 is 9.84 Å². The first-order chi connectivity index (χ1) is 10.6. The number of sulfone groups is 1. The van der Waals surface area contributed by atoms with Gasteiger partial charge in [0.05, 0.1) is 9.79 Å². The molecule has 0 amide bonds. The fraction of sp³-hybridized carbons (Fsp3) is 0. The maximum atomic E-state index is 12.9. The number of phenols is 1. The molecule has 22 heavy (non-hydrogen) atoms.